The maximum absolute atomic E-state index is 6.05. The lowest BCUT2D eigenvalue weighted by molar-refractivity contribution is 0.335. The van der Waals surface area contributed by atoms with Crippen LogP contribution in [0, 0.1) is 5.92 Å². The Hall–Kier alpha value is -1.10. The highest BCUT2D eigenvalue weighted by Gasteiger charge is 2.19. The molecule has 0 bridgehead atoms. The van der Waals surface area contributed by atoms with Crippen molar-refractivity contribution in [1.29, 1.82) is 0 Å². The summed E-state index contributed by atoms with van der Waals surface area (Å²) >= 11 is 0. The Morgan fingerprint density at radius 1 is 1.22 bits per heavy atom. The number of nitrogens with zero attached hydrogens (tertiary/aromatic N) is 3. The van der Waals surface area contributed by atoms with E-state index in [2.05, 4.69) is 28.9 Å². The van der Waals surface area contributed by atoms with E-state index in [1.807, 2.05) is 0 Å². The number of nitrogens with two attached hydrogens (primary N) is 1. The Kier molecular flexibility index (Phi) is 4.58. The highest BCUT2D eigenvalue weighted by Crippen LogP contribution is 2.21. The van der Waals surface area contributed by atoms with E-state index >= 15 is 0 Å². The lowest BCUT2D eigenvalue weighted by Gasteiger charge is -2.16. The van der Waals surface area contributed by atoms with Gasteiger partial charge >= 0.3 is 0 Å². The molecule has 1 fully saturated rings. The third kappa shape index (κ3) is 3.45. The summed E-state index contributed by atoms with van der Waals surface area (Å²) in [5, 5.41) is 4.07. The van der Waals surface area contributed by atoms with Crippen molar-refractivity contribution in [2.45, 2.75) is 52.0 Å². The van der Waals surface area contributed by atoms with Crippen molar-refractivity contribution in [2.24, 2.45) is 11.7 Å². The fraction of sp³-hybridized carbons (Fsp3) is 0.846. The summed E-state index contributed by atoms with van der Waals surface area (Å²) in [5.74, 6) is 1.82. The van der Waals surface area contributed by atoms with Crippen LogP contribution in [0.25, 0.3) is 0 Å². The zero-order valence-electron chi connectivity index (χ0n) is 11.4. The Bertz CT molecular complexity index is 356. The normalized spacial score (nSPS) is 19.0. The molecule has 5 nitrogen and oxygen atoms in total. The van der Waals surface area contributed by atoms with E-state index in [0.717, 1.165) is 19.5 Å². The molecule has 2 rings (SSSR count). The van der Waals surface area contributed by atoms with Crippen LogP contribution in [0.4, 0.5) is 5.95 Å². The average Bonchev–Trinajstić information content (AvgIpc) is 2.65. The molecule has 0 radical (unpaired) electrons. The summed E-state index contributed by atoms with van der Waals surface area (Å²) in [6.45, 7) is 6.34. The third-order valence-electron chi connectivity index (χ3n) is 3.36. The van der Waals surface area contributed by atoms with Gasteiger partial charge in [-0.25, -0.2) is 0 Å². The van der Waals surface area contributed by atoms with E-state index in [0.29, 0.717) is 17.8 Å². The molecule has 2 N–H and O–H groups in total. The summed E-state index contributed by atoms with van der Waals surface area (Å²) in [6.07, 6.45) is 5.90. The largest absolute Gasteiger partial charge is 0.338 e. The molecule has 1 saturated heterocycles. The molecule has 1 aliphatic heterocycles. The first-order chi connectivity index (χ1) is 8.66. The molecule has 0 aliphatic carbocycles. The van der Waals surface area contributed by atoms with Crippen molar-refractivity contribution < 1.29 is 4.52 Å². The van der Waals surface area contributed by atoms with Crippen molar-refractivity contribution >= 4 is 5.95 Å². The quantitative estimate of drug-likeness (QED) is 0.891. The van der Waals surface area contributed by atoms with Crippen LogP contribution in [0.2, 0.25) is 0 Å². The molecule has 0 spiro atoms. The number of rotatable bonds is 4. The molecule has 5 heteroatoms. The fourth-order valence-electron chi connectivity index (χ4n) is 2.39. The molecule has 0 unspecified atom stereocenters. The number of anilines is 1. The van der Waals surface area contributed by atoms with Crippen LogP contribution in [-0.2, 0) is 0 Å². The van der Waals surface area contributed by atoms with Crippen molar-refractivity contribution in [3.8, 4) is 0 Å². The molecule has 1 aliphatic rings. The first kappa shape index (κ1) is 13.3. The number of hydrogen-bond acceptors (Lipinski definition) is 5. The standard InChI is InChI=1S/C13H24N4O/c1-10(2)9-11(14)12-15-13(16-18-12)17-7-5-3-4-6-8-17/h10-11H,3-9,14H2,1-2H3/t11-/m0/s1. The molecule has 1 aromatic heterocycles. The zero-order valence-corrected chi connectivity index (χ0v) is 11.4. The van der Waals surface area contributed by atoms with Gasteiger partial charge in [0.1, 0.15) is 0 Å². The van der Waals surface area contributed by atoms with E-state index in [4.69, 9.17) is 10.3 Å². The molecule has 2 heterocycles. The van der Waals surface area contributed by atoms with E-state index in [1.54, 1.807) is 0 Å². The molecule has 0 saturated carbocycles. The van der Waals surface area contributed by atoms with E-state index < -0.39 is 0 Å². The summed E-state index contributed by atoms with van der Waals surface area (Å²) < 4.78 is 5.29. The average molecular weight is 252 g/mol. The number of hydrogen-bond donors (Lipinski definition) is 1. The Balaban J connectivity index is 2.00. The van der Waals surface area contributed by atoms with Crippen LogP contribution in [-0.4, -0.2) is 23.2 Å². The lowest BCUT2D eigenvalue weighted by Crippen LogP contribution is -2.25. The van der Waals surface area contributed by atoms with Gasteiger partial charge < -0.3 is 15.2 Å². The first-order valence-corrected chi connectivity index (χ1v) is 7.01. The maximum Gasteiger partial charge on any atom is 0.266 e. The van der Waals surface area contributed by atoms with E-state index in [1.165, 1.54) is 25.7 Å². The summed E-state index contributed by atoms with van der Waals surface area (Å²) in [4.78, 5) is 6.66. The van der Waals surface area contributed by atoms with Crippen LogP contribution < -0.4 is 10.6 Å². The van der Waals surface area contributed by atoms with Gasteiger partial charge in [0, 0.05) is 13.1 Å². The van der Waals surface area contributed by atoms with Gasteiger partial charge in [0.25, 0.3) is 5.95 Å². The van der Waals surface area contributed by atoms with Crippen molar-refractivity contribution in [2.75, 3.05) is 18.0 Å². The van der Waals surface area contributed by atoms with Gasteiger partial charge in [-0.1, -0.05) is 26.7 Å². The second kappa shape index (κ2) is 6.18. The van der Waals surface area contributed by atoms with E-state index in [9.17, 15) is 0 Å². The smallest absolute Gasteiger partial charge is 0.266 e. The first-order valence-electron chi connectivity index (χ1n) is 7.01. The molecule has 0 amide bonds. The van der Waals surface area contributed by atoms with Crippen LogP contribution in [0.3, 0.4) is 0 Å². The second-order valence-electron chi connectivity index (χ2n) is 5.57. The van der Waals surface area contributed by atoms with Crippen LogP contribution >= 0.6 is 0 Å². The van der Waals surface area contributed by atoms with Gasteiger partial charge in [0.05, 0.1) is 6.04 Å². The predicted molar refractivity (Wildman–Crippen MR) is 71.4 cm³/mol. The maximum atomic E-state index is 6.05. The van der Waals surface area contributed by atoms with Crippen LogP contribution in [0.15, 0.2) is 4.52 Å². The molecule has 0 aromatic carbocycles. The molecule has 18 heavy (non-hydrogen) atoms. The zero-order chi connectivity index (χ0) is 13.0. The van der Waals surface area contributed by atoms with Gasteiger partial charge in [0.2, 0.25) is 5.89 Å². The monoisotopic (exact) mass is 252 g/mol. The SMILES string of the molecule is CC(C)C[C@H](N)c1nc(N2CCCCCC2)no1. The molecular weight excluding hydrogens is 228 g/mol. The Labute approximate surface area is 109 Å². The van der Waals surface area contributed by atoms with Crippen molar-refractivity contribution in [3.05, 3.63) is 5.89 Å². The third-order valence-corrected chi connectivity index (χ3v) is 3.36. The summed E-state index contributed by atoms with van der Waals surface area (Å²) in [5.41, 5.74) is 6.05. The van der Waals surface area contributed by atoms with Gasteiger partial charge in [-0.3, -0.25) is 0 Å². The minimum absolute atomic E-state index is 0.141. The van der Waals surface area contributed by atoms with Gasteiger partial charge in [-0.15, -0.1) is 0 Å². The predicted octanol–water partition coefficient (Wildman–Crippen LogP) is 2.50. The van der Waals surface area contributed by atoms with Crippen LogP contribution in [0.5, 0.6) is 0 Å². The summed E-state index contributed by atoms with van der Waals surface area (Å²) in [6, 6.07) is -0.141. The lowest BCUT2D eigenvalue weighted by atomic mass is 10.0. The minimum Gasteiger partial charge on any atom is -0.338 e. The second-order valence-corrected chi connectivity index (χ2v) is 5.57. The van der Waals surface area contributed by atoms with Crippen molar-refractivity contribution in [3.63, 3.8) is 0 Å². The van der Waals surface area contributed by atoms with E-state index in [-0.39, 0.29) is 6.04 Å². The minimum atomic E-state index is -0.141. The van der Waals surface area contributed by atoms with Gasteiger partial charge in [-0.05, 0) is 30.3 Å². The van der Waals surface area contributed by atoms with Gasteiger partial charge in [-0.2, -0.15) is 4.98 Å². The highest BCUT2D eigenvalue weighted by atomic mass is 16.5. The Morgan fingerprint density at radius 2 is 1.89 bits per heavy atom. The van der Waals surface area contributed by atoms with Crippen LogP contribution in [0.1, 0.15) is 57.9 Å². The van der Waals surface area contributed by atoms with Crippen molar-refractivity contribution in [1.82, 2.24) is 10.1 Å². The fourth-order valence-corrected chi connectivity index (χ4v) is 2.39. The van der Waals surface area contributed by atoms with Gasteiger partial charge in [0.15, 0.2) is 0 Å². The molecule has 102 valence electrons. The molecule has 1 aromatic rings. The topological polar surface area (TPSA) is 68.2 Å². The number of aromatic nitrogens is 2. The summed E-state index contributed by atoms with van der Waals surface area (Å²) in [7, 11) is 0. The molecule has 1 atom stereocenters. The molecular formula is C13H24N4O. The highest BCUT2D eigenvalue weighted by molar-refractivity contribution is 5.27. The Morgan fingerprint density at radius 3 is 2.50 bits per heavy atom.